The summed E-state index contributed by atoms with van der Waals surface area (Å²) in [6.07, 6.45) is 4.24. The second-order valence-electron chi connectivity index (χ2n) is 2.07. The van der Waals surface area contributed by atoms with Crippen molar-refractivity contribution < 1.29 is 9.90 Å². The zero-order valence-corrected chi connectivity index (χ0v) is 6.29. The molecule has 0 fully saturated rings. The SMILES string of the molecule is CCC=C=CC(C)C(=O)O. The summed E-state index contributed by atoms with van der Waals surface area (Å²) in [5.41, 5.74) is 2.79. The lowest BCUT2D eigenvalue weighted by Crippen LogP contribution is -2.04. The van der Waals surface area contributed by atoms with Gasteiger partial charge in [-0.15, -0.1) is 5.73 Å². The van der Waals surface area contributed by atoms with Gasteiger partial charge in [-0.25, -0.2) is 0 Å². The average Bonchev–Trinajstić information content (AvgIpc) is 1.88. The lowest BCUT2D eigenvalue weighted by atomic mass is 10.2. The molecule has 10 heavy (non-hydrogen) atoms. The summed E-state index contributed by atoms with van der Waals surface area (Å²) in [5.74, 6) is -1.24. The minimum absolute atomic E-state index is 0.428. The van der Waals surface area contributed by atoms with Gasteiger partial charge in [-0.05, 0) is 25.5 Å². The Kier molecular flexibility index (Phi) is 4.34. The highest BCUT2D eigenvalue weighted by Crippen LogP contribution is 1.94. The first-order chi connectivity index (χ1) is 4.68. The topological polar surface area (TPSA) is 37.3 Å². The normalized spacial score (nSPS) is 11.4. The third-order valence-corrected chi connectivity index (χ3v) is 1.06. The van der Waals surface area contributed by atoms with Gasteiger partial charge in [-0.3, -0.25) is 4.79 Å². The van der Waals surface area contributed by atoms with Crippen LogP contribution in [0.3, 0.4) is 0 Å². The van der Waals surface area contributed by atoms with Crippen molar-refractivity contribution in [2.75, 3.05) is 0 Å². The highest BCUT2D eigenvalue weighted by molar-refractivity contribution is 5.71. The van der Waals surface area contributed by atoms with Crippen LogP contribution >= 0.6 is 0 Å². The molecule has 0 amide bonds. The second-order valence-corrected chi connectivity index (χ2v) is 2.07. The Balaban J connectivity index is 3.89. The van der Waals surface area contributed by atoms with Crippen LogP contribution < -0.4 is 0 Å². The molecule has 0 saturated heterocycles. The lowest BCUT2D eigenvalue weighted by molar-refractivity contribution is -0.139. The predicted octanol–water partition coefficient (Wildman–Crippen LogP) is 1.83. The van der Waals surface area contributed by atoms with E-state index in [9.17, 15) is 4.79 Å². The molecule has 0 aromatic heterocycles. The van der Waals surface area contributed by atoms with Crippen LogP contribution in [-0.2, 0) is 4.79 Å². The van der Waals surface area contributed by atoms with Gasteiger partial charge in [0.05, 0.1) is 5.92 Å². The molecule has 0 spiro atoms. The van der Waals surface area contributed by atoms with Crippen molar-refractivity contribution >= 4 is 5.97 Å². The molecule has 0 rings (SSSR count). The summed E-state index contributed by atoms with van der Waals surface area (Å²) in [5, 5.41) is 8.40. The van der Waals surface area contributed by atoms with Crippen molar-refractivity contribution in [3.63, 3.8) is 0 Å². The first-order valence-corrected chi connectivity index (χ1v) is 3.32. The van der Waals surface area contributed by atoms with Gasteiger partial charge in [0.2, 0.25) is 0 Å². The van der Waals surface area contributed by atoms with Gasteiger partial charge in [0.1, 0.15) is 0 Å². The van der Waals surface area contributed by atoms with E-state index in [1.54, 1.807) is 19.1 Å². The standard InChI is InChI=1S/C8H12O2/c1-3-4-5-6-7(2)8(9)10/h4,6-7H,3H2,1-2H3,(H,9,10). The summed E-state index contributed by atoms with van der Waals surface area (Å²) in [7, 11) is 0. The van der Waals surface area contributed by atoms with Gasteiger partial charge in [-0.1, -0.05) is 6.92 Å². The first-order valence-electron chi connectivity index (χ1n) is 3.32. The zero-order valence-electron chi connectivity index (χ0n) is 6.29. The Labute approximate surface area is 60.9 Å². The van der Waals surface area contributed by atoms with Crippen LogP contribution in [0.15, 0.2) is 17.9 Å². The summed E-state index contributed by atoms with van der Waals surface area (Å²) in [4.78, 5) is 10.2. The maximum atomic E-state index is 10.2. The van der Waals surface area contributed by atoms with Crippen LogP contribution in [0, 0.1) is 5.92 Å². The van der Waals surface area contributed by atoms with Gasteiger partial charge in [0, 0.05) is 0 Å². The van der Waals surface area contributed by atoms with Gasteiger partial charge in [0.25, 0.3) is 0 Å². The largest absolute Gasteiger partial charge is 0.481 e. The third-order valence-electron chi connectivity index (χ3n) is 1.06. The average molecular weight is 140 g/mol. The molecular weight excluding hydrogens is 128 g/mol. The number of rotatable bonds is 3. The number of carbonyl (C=O) groups is 1. The Hall–Kier alpha value is -1.01. The van der Waals surface area contributed by atoms with E-state index < -0.39 is 11.9 Å². The Morgan fingerprint density at radius 1 is 1.80 bits per heavy atom. The molecule has 0 saturated carbocycles. The highest BCUT2D eigenvalue weighted by atomic mass is 16.4. The van der Waals surface area contributed by atoms with Crippen molar-refractivity contribution in [2.45, 2.75) is 20.3 Å². The van der Waals surface area contributed by atoms with E-state index in [0.29, 0.717) is 0 Å². The van der Waals surface area contributed by atoms with Gasteiger partial charge < -0.3 is 5.11 Å². The highest BCUT2D eigenvalue weighted by Gasteiger charge is 2.03. The van der Waals surface area contributed by atoms with Gasteiger partial charge in [0.15, 0.2) is 0 Å². The summed E-state index contributed by atoms with van der Waals surface area (Å²) >= 11 is 0. The monoisotopic (exact) mass is 140 g/mol. The van der Waals surface area contributed by atoms with Crippen LogP contribution in [0.5, 0.6) is 0 Å². The number of hydrogen-bond acceptors (Lipinski definition) is 1. The fraction of sp³-hybridized carbons (Fsp3) is 0.500. The summed E-state index contributed by atoms with van der Waals surface area (Å²) in [6, 6.07) is 0. The molecule has 56 valence electrons. The predicted molar refractivity (Wildman–Crippen MR) is 39.7 cm³/mol. The van der Waals surface area contributed by atoms with Crippen LogP contribution in [0.1, 0.15) is 20.3 Å². The van der Waals surface area contributed by atoms with Crippen LogP contribution in [0.25, 0.3) is 0 Å². The number of aliphatic carboxylic acids is 1. The van der Waals surface area contributed by atoms with Crippen molar-refractivity contribution in [3.05, 3.63) is 17.9 Å². The number of carboxylic acid groups (broad SMARTS) is 1. The number of hydrogen-bond donors (Lipinski definition) is 1. The Bertz CT molecular complexity index is 164. The van der Waals surface area contributed by atoms with Crippen molar-refractivity contribution in [2.24, 2.45) is 5.92 Å². The van der Waals surface area contributed by atoms with Crippen molar-refractivity contribution in [1.29, 1.82) is 0 Å². The molecule has 0 aliphatic carbocycles. The fourth-order valence-electron chi connectivity index (χ4n) is 0.402. The fourth-order valence-corrected chi connectivity index (χ4v) is 0.402. The molecule has 2 nitrogen and oxygen atoms in total. The van der Waals surface area contributed by atoms with Crippen molar-refractivity contribution in [3.8, 4) is 0 Å². The van der Waals surface area contributed by atoms with Gasteiger partial charge >= 0.3 is 5.97 Å². The van der Waals surface area contributed by atoms with E-state index in [2.05, 4.69) is 5.73 Å². The summed E-state index contributed by atoms with van der Waals surface area (Å²) < 4.78 is 0. The van der Waals surface area contributed by atoms with E-state index in [0.717, 1.165) is 6.42 Å². The smallest absolute Gasteiger partial charge is 0.310 e. The molecule has 1 atom stereocenters. The maximum Gasteiger partial charge on any atom is 0.310 e. The van der Waals surface area contributed by atoms with Crippen LogP contribution in [0.2, 0.25) is 0 Å². The molecule has 2 heteroatoms. The molecule has 0 aromatic carbocycles. The second kappa shape index (κ2) is 4.83. The minimum Gasteiger partial charge on any atom is -0.481 e. The minimum atomic E-state index is -0.808. The van der Waals surface area contributed by atoms with Crippen molar-refractivity contribution in [1.82, 2.24) is 0 Å². The molecule has 1 N–H and O–H groups in total. The zero-order chi connectivity index (χ0) is 7.98. The molecule has 0 bridgehead atoms. The van der Waals surface area contributed by atoms with Gasteiger partial charge in [-0.2, -0.15) is 0 Å². The molecule has 0 radical (unpaired) electrons. The van der Waals surface area contributed by atoms with E-state index >= 15 is 0 Å². The van der Waals surface area contributed by atoms with E-state index in [1.165, 1.54) is 0 Å². The Morgan fingerprint density at radius 3 is 2.80 bits per heavy atom. The first kappa shape index (κ1) is 8.99. The molecule has 0 aromatic rings. The van der Waals surface area contributed by atoms with E-state index in [-0.39, 0.29) is 0 Å². The quantitative estimate of drug-likeness (QED) is 0.607. The molecule has 0 aliphatic heterocycles. The third kappa shape index (κ3) is 3.93. The molecule has 0 heterocycles. The lowest BCUT2D eigenvalue weighted by Gasteiger charge is -1.92. The maximum absolute atomic E-state index is 10.2. The molecule has 1 unspecified atom stereocenters. The van der Waals surface area contributed by atoms with Crippen LogP contribution in [-0.4, -0.2) is 11.1 Å². The Morgan fingerprint density at radius 2 is 2.40 bits per heavy atom. The molecule has 0 aliphatic rings. The van der Waals surface area contributed by atoms with E-state index in [1.807, 2.05) is 6.92 Å². The number of carboxylic acids is 1. The molecular formula is C8H12O2. The van der Waals surface area contributed by atoms with Crippen LogP contribution in [0.4, 0.5) is 0 Å². The summed E-state index contributed by atoms with van der Waals surface area (Å²) in [6.45, 7) is 3.60. The van der Waals surface area contributed by atoms with E-state index in [4.69, 9.17) is 5.11 Å².